The normalized spacial score (nSPS) is 14.9. The molecule has 0 radical (unpaired) electrons. The minimum absolute atomic E-state index is 0.589. The zero-order valence-electron chi connectivity index (χ0n) is 34.3. The van der Waals surface area contributed by atoms with Crippen LogP contribution in [0.5, 0.6) is 0 Å². The molecule has 64 heavy (non-hydrogen) atoms. The molecule has 0 spiro atoms. The smallest absolute Gasteiger partial charge is 0.301 e. The Morgan fingerprint density at radius 3 is 1.81 bits per heavy atom. The lowest BCUT2D eigenvalue weighted by molar-refractivity contribution is 0.582. The lowest BCUT2D eigenvalue weighted by Crippen LogP contribution is -2.26. The van der Waals surface area contributed by atoms with Gasteiger partial charge in [-0.3, -0.25) is 18.5 Å². The number of nitrogens with zero attached hydrogens (tertiary/aromatic N) is 5. The Bertz CT molecular complexity index is 3850. The quantitative estimate of drug-likeness (QED) is 0.155. The van der Waals surface area contributed by atoms with Gasteiger partial charge in [-0.1, -0.05) is 133 Å². The summed E-state index contributed by atoms with van der Waals surface area (Å²) in [5.74, 6) is 0.589. The van der Waals surface area contributed by atoms with Crippen LogP contribution in [-0.2, 0) is 4.57 Å². The highest BCUT2D eigenvalue weighted by atomic mass is 31.2. The van der Waals surface area contributed by atoms with Crippen LogP contribution in [0.2, 0.25) is 0 Å². The Labute approximate surface area is 368 Å². The first-order chi connectivity index (χ1) is 31.6. The van der Waals surface area contributed by atoms with Crippen molar-refractivity contribution in [1.82, 2.24) is 14.5 Å². The molecule has 3 aromatic heterocycles. The van der Waals surface area contributed by atoms with Crippen molar-refractivity contribution < 1.29 is 8.98 Å². The molecule has 12 aromatic rings. The fourth-order valence-electron chi connectivity index (χ4n) is 9.73. The third-order valence-corrected chi connectivity index (χ3v) is 15.5. The number of anilines is 4. The molecule has 0 saturated heterocycles. The Morgan fingerprint density at radius 1 is 0.438 bits per heavy atom. The molecule has 7 nitrogen and oxygen atoms in total. The second kappa shape index (κ2) is 14.1. The van der Waals surface area contributed by atoms with Gasteiger partial charge < -0.3 is 4.42 Å². The Balaban J connectivity index is 1.01. The molecular formula is C56H36N5O2P. The molecule has 0 bridgehead atoms. The summed E-state index contributed by atoms with van der Waals surface area (Å²) in [6.07, 6.45) is 0. The minimum atomic E-state index is -3.50. The van der Waals surface area contributed by atoms with Gasteiger partial charge in [0.2, 0.25) is 5.95 Å². The lowest BCUT2D eigenvalue weighted by atomic mass is 10.0. The van der Waals surface area contributed by atoms with Gasteiger partial charge in [0.15, 0.2) is 0 Å². The molecule has 4 heterocycles. The summed E-state index contributed by atoms with van der Waals surface area (Å²) in [5, 5.41) is 5.98. The average Bonchev–Trinajstić information content (AvgIpc) is 4.00. The first-order valence-corrected chi connectivity index (χ1v) is 23.0. The third kappa shape index (κ3) is 5.38. The number of hydrogen-bond donors (Lipinski definition) is 0. The van der Waals surface area contributed by atoms with Crippen molar-refractivity contribution in [2.75, 3.05) is 9.34 Å². The van der Waals surface area contributed by atoms with E-state index in [4.69, 9.17) is 14.4 Å². The van der Waals surface area contributed by atoms with Gasteiger partial charge in [-0.15, -0.1) is 0 Å². The number of aromatic nitrogens is 3. The summed E-state index contributed by atoms with van der Waals surface area (Å²) in [4.78, 5) is 10.7. The van der Waals surface area contributed by atoms with Gasteiger partial charge in [-0.05, 0) is 96.1 Å². The van der Waals surface area contributed by atoms with E-state index < -0.39 is 7.44 Å². The van der Waals surface area contributed by atoms with E-state index in [9.17, 15) is 0 Å². The maximum atomic E-state index is 16.2. The summed E-state index contributed by atoms with van der Waals surface area (Å²) >= 11 is 0. The maximum Gasteiger partial charge on any atom is 0.301 e. The van der Waals surface area contributed by atoms with Gasteiger partial charge in [-0.2, -0.15) is 0 Å². The first-order valence-electron chi connectivity index (χ1n) is 21.4. The first kappa shape index (κ1) is 36.4. The Morgan fingerprint density at radius 2 is 1.03 bits per heavy atom. The number of rotatable bonds is 6. The van der Waals surface area contributed by atoms with E-state index in [2.05, 4.69) is 100 Å². The largest absolute Gasteiger partial charge is 0.456 e. The average molecular weight is 842 g/mol. The third-order valence-electron chi connectivity index (χ3n) is 12.5. The SMILES string of the molecule is O=P1(c2ccccc2)N(c2ccccc2)c2ccc(-c3ccc4c(c3)c3ccccc3n4-c3nc(-c4cccc5oc6ccccc6c45)c4ccccc4n3)cc2N1c1ccccc1. The summed E-state index contributed by atoms with van der Waals surface area (Å²) in [7, 11) is -3.50. The van der Waals surface area contributed by atoms with Gasteiger partial charge in [-0.25, -0.2) is 9.97 Å². The van der Waals surface area contributed by atoms with Gasteiger partial charge in [0.1, 0.15) is 11.2 Å². The number of hydrogen-bond acceptors (Lipinski definition) is 4. The van der Waals surface area contributed by atoms with Crippen LogP contribution in [0.3, 0.4) is 0 Å². The molecule has 0 N–H and O–H groups in total. The molecule has 1 unspecified atom stereocenters. The van der Waals surface area contributed by atoms with Crippen LogP contribution in [0, 0.1) is 0 Å². The minimum Gasteiger partial charge on any atom is -0.456 e. The standard InChI is InChI=1S/C56H36N5O2P/c62-64(41-21-8-3-9-22-41)60(39-17-4-1-5-18-39)50-34-32-38(36-51(50)61(64)40-19-6-2-7-20-40)37-31-33-49-46(35-37)42-23-11-14-28-48(42)59(49)56-57-47-27-13-10-24-43(47)55(58-56)45-26-16-30-53-54(45)44-25-12-15-29-52(44)63-53/h1-36H. The molecule has 8 heteroatoms. The van der Waals surface area contributed by atoms with Crippen molar-refractivity contribution in [1.29, 1.82) is 0 Å². The van der Waals surface area contributed by atoms with Gasteiger partial charge in [0.05, 0.1) is 38.9 Å². The van der Waals surface area contributed by atoms with E-state index >= 15 is 4.57 Å². The number of para-hydroxylation sites is 5. The molecule has 1 aliphatic rings. The molecule has 13 rings (SSSR count). The summed E-state index contributed by atoms with van der Waals surface area (Å²) in [5.41, 5.74) is 11.9. The number of fused-ring (bicyclic) bond motifs is 8. The Hall–Kier alpha value is -8.25. The molecule has 0 amide bonds. The fourth-order valence-corrected chi connectivity index (χ4v) is 12.7. The van der Waals surface area contributed by atoms with Gasteiger partial charge in [0, 0.05) is 43.9 Å². The predicted octanol–water partition coefficient (Wildman–Crippen LogP) is 14.8. The van der Waals surface area contributed by atoms with Gasteiger partial charge in [0.25, 0.3) is 0 Å². The highest BCUT2D eigenvalue weighted by Gasteiger charge is 2.49. The number of furan rings is 1. The van der Waals surface area contributed by atoms with E-state index in [0.29, 0.717) is 5.95 Å². The second-order valence-corrected chi connectivity index (χ2v) is 18.5. The second-order valence-electron chi connectivity index (χ2n) is 16.1. The monoisotopic (exact) mass is 841 g/mol. The van der Waals surface area contributed by atoms with Crippen molar-refractivity contribution in [3.63, 3.8) is 0 Å². The summed E-state index contributed by atoms with van der Waals surface area (Å²) < 4.78 is 28.8. The van der Waals surface area contributed by atoms with Crippen molar-refractivity contribution in [3.8, 4) is 28.3 Å². The highest BCUT2D eigenvalue weighted by Crippen LogP contribution is 2.70. The molecule has 0 aliphatic carbocycles. The molecular weight excluding hydrogens is 806 g/mol. The van der Waals surface area contributed by atoms with Crippen molar-refractivity contribution >= 4 is 90.1 Å². The van der Waals surface area contributed by atoms with Crippen molar-refractivity contribution in [3.05, 3.63) is 218 Å². The molecule has 9 aromatic carbocycles. The van der Waals surface area contributed by atoms with E-state index in [1.807, 2.05) is 132 Å². The topological polar surface area (TPSA) is 67.4 Å². The number of benzene rings is 9. The highest BCUT2D eigenvalue weighted by molar-refractivity contribution is 7.76. The zero-order chi connectivity index (χ0) is 42.4. The lowest BCUT2D eigenvalue weighted by Gasteiger charge is -2.33. The Kier molecular flexibility index (Phi) is 8.05. The zero-order valence-corrected chi connectivity index (χ0v) is 35.2. The molecule has 0 fully saturated rings. The summed E-state index contributed by atoms with van der Waals surface area (Å²) in [6.45, 7) is 0. The van der Waals surface area contributed by atoms with Crippen LogP contribution in [-0.4, -0.2) is 14.5 Å². The van der Waals surface area contributed by atoms with Crippen molar-refractivity contribution in [2.24, 2.45) is 0 Å². The van der Waals surface area contributed by atoms with Crippen LogP contribution in [0.4, 0.5) is 22.7 Å². The van der Waals surface area contributed by atoms with E-state index in [1.165, 1.54) is 0 Å². The molecule has 1 aliphatic heterocycles. The van der Waals surface area contributed by atoms with E-state index in [1.54, 1.807) is 0 Å². The summed E-state index contributed by atoms with van der Waals surface area (Å²) in [6, 6.07) is 74.2. The van der Waals surface area contributed by atoms with Crippen molar-refractivity contribution in [2.45, 2.75) is 0 Å². The van der Waals surface area contributed by atoms with Crippen LogP contribution in [0.15, 0.2) is 223 Å². The predicted molar refractivity (Wildman–Crippen MR) is 263 cm³/mol. The van der Waals surface area contributed by atoms with Crippen LogP contribution < -0.4 is 14.6 Å². The molecule has 0 saturated carbocycles. The van der Waals surface area contributed by atoms with E-state index in [-0.39, 0.29) is 0 Å². The maximum absolute atomic E-state index is 16.2. The van der Waals surface area contributed by atoms with Gasteiger partial charge >= 0.3 is 7.44 Å². The fraction of sp³-hybridized carbons (Fsp3) is 0. The molecule has 1 atom stereocenters. The van der Waals surface area contributed by atoms with Crippen LogP contribution in [0.1, 0.15) is 0 Å². The van der Waals surface area contributed by atoms with E-state index in [0.717, 1.165) is 105 Å². The molecule has 302 valence electrons. The van der Waals surface area contributed by atoms with Crippen LogP contribution in [0.25, 0.3) is 83.0 Å². The van der Waals surface area contributed by atoms with Crippen LogP contribution >= 0.6 is 7.44 Å².